The Morgan fingerprint density at radius 2 is 2.08 bits per heavy atom. The predicted octanol–water partition coefficient (Wildman–Crippen LogP) is 3.79. The molecule has 1 aliphatic heterocycles. The summed E-state index contributed by atoms with van der Waals surface area (Å²) < 4.78 is 53.7. The predicted molar refractivity (Wildman–Crippen MR) is 137 cm³/mol. The van der Waals surface area contributed by atoms with E-state index in [0.29, 0.717) is 23.1 Å². The second kappa shape index (κ2) is 12.0. The number of aliphatic imine (C=N–C) groups is 1. The summed E-state index contributed by atoms with van der Waals surface area (Å²) in [6.07, 6.45) is -0.720. The fourth-order valence-electron chi connectivity index (χ4n) is 3.89. The Bertz CT molecular complexity index is 1450. The van der Waals surface area contributed by atoms with Crippen molar-refractivity contribution >= 4 is 23.4 Å². The molecule has 1 fully saturated rings. The number of nitrogens with zero attached hydrogens (tertiary/aromatic N) is 5. The van der Waals surface area contributed by atoms with Gasteiger partial charge in [-0.1, -0.05) is 11.6 Å². The lowest BCUT2D eigenvalue weighted by molar-refractivity contribution is -0.216. The maximum absolute atomic E-state index is 13.7. The number of nitrogens with two attached hydrogens (primary N) is 1. The lowest BCUT2D eigenvalue weighted by Gasteiger charge is -2.37. The van der Waals surface area contributed by atoms with E-state index in [2.05, 4.69) is 21.1 Å². The SMILES string of the molecule is Cc1nc(C(OC2COC2C)[C@@H](O)CN=C/C(=C\N)c2cc(F)c(F)c(F)c2)n(-c2cc(Cl)ccc2C#N)n1. The molecule has 3 unspecified atom stereocenters. The Kier molecular flexibility index (Phi) is 8.66. The molecule has 0 amide bonds. The molecule has 0 spiro atoms. The molecule has 9 nitrogen and oxygen atoms in total. The molecular weight excluding hydrogens is 537 g/mol. The molecule has 0 radical (unpaired) electrons. The van der Waals surface area contributed by atoms with Crippen LogP contribution < -0.4 is 5.73 Å². The zero-order valence-corrected chi connectivity index (χ0v) is 21.6. The lowest BCUT2D eigenvalue weighted by atomic mass is 10.1. The molecule has 4 atom stereocenters. The van der Waals surface area contributed by atoms with Crippen molar-refractivity contribution in [2.45, 2.75) is 38.3 Å². The van der Waals surface area contributed by atoms with Crippen LogP contribution >= 0.6 is 11.6 Å². The molecule has 4 rings (SSSR count). The van der Waals surface area contributed by atoms with Crippen molar-refractivity contribution in [1.29, 1.82) is 5.26 Å². The Morgan fingerprint density at radius 1 is 1.36 bits per heavy atom. The summed E-state index contributed by atoms with van der Waals surface area (Å²) in [6.45, 7) is 3.51. The van der Waals surface area contributed by atoms with Crippen molar-refractivity contribution in [2.24, 2.45) is 10.7 Å². The van der Waals surface area contributed by atoms with Crippen LogP contribution in [-0.4, -0.2) is 57.5 Å². The van der Waals surface area contributed by atoms with Crippen molar-refractivity contribution in [3.63, 3.8) is 0 Å². The average Bonchev–Trinajstić information content (AvgIpc) is 3.29. The summed E-state index contributed by atoms with van der Waals surface area (Å²) in [7, 11) is 0. The normalized spacial score (nSPS) is 19.1. The number of rotatable bonds is 9. The fraction of sp³-hybridized carbons (Fsp3) is 0.308. The molecule has 0 bridgehead atoms. The van der Waals surface area contributed by atoms with Crippen LogP contribution in [0.25, 0.3) is 11.3 Å². The van der Waals surface area contributed by atoms with E-state index in [9.17, 15) is 23.5 Å². The number of aromatic nitrogens is 3. The summed E-state index contributed by atoms with van der Waals surface area (Å²) in [4.78, 5) is 8.63. The van der Waals surface area contributed by atoms with Crippen LogP contribution in [0.5, 0.6) is 0 Å². The van der Waals surface area contributed by atoms with Gasteiger partial charge in [0.25, 0.3) is 0 Å². The summed E-state index contributed by atoms with van der Waals surface area (Å²) >= 11 is 6.18. The van der Waals surface area contributed by atoms with Gasteiger partial charge in [0, 0.05) is 23.0 Å². The van der Waals surface area contributed by atoms with Crippen LogP contribution in [0.1, 0.15) is 35.8 Å². The first-order valence-corrected chi connectivity index (χ1v) is 12.2. The van der Waals surface area contributed by atoms with E-state index in [4.69, 9.17) is 26.8 Å². The van der Waals surface area contributed by atoms with E-state index in [-0.39, 0.29) is 41.3 Å². The lowest BCUT2D eigenvalue weighted by Crippen LogP contribution is -2.47. The van der Waals surface area contributed by atoms with Gasteiger partial charge >= 0.3 is 0 Å². The van der Waals surface area contributed by atoms with Crippen LogP contribution in [-0.2, 0) is 9.47 Å². The van der Waals surface area contributed by atoms with Crippen LogP contribution in [0.2, 0.25) is 5.02 Å². The molecule has 1 saturated heterocycles. The average molecular weight is 561 g/mol. The van der Waals surface area contributed by atoms with Crippen LogP contribution in [0.15, 0.2) is 41.5 Å². The van der Waals surface area contributed by atoms with Gasteiger partial charge in [0.2, 0.25) is 0 Å². The van der Waals surface area contributed by atoms with Gasteiger partial charge in [0.15, 0.2) is 23.3 Å². The Hall–Kier alpha value is -3.76. The van der Waals surface area contributed by atoms with Gasteiger partial charge < -0.3 is 20.3 Å². The second-order valence-electron chi connectivity index (χ2n) is 8.77. The first-order chi connectivity index (χ1) is 18.6. The van der Waals surface area contributed by atoms with Gasteiger partial charge in [-0.05, 0) is 49.7 Å². The van der Waals surface area contributed by atoms with E-state index < -0.39 is 29.7 Å². The highest BCUT2D eigenvalue weighted by atomic mass is 35.5. The van der Waals surface area contributed by atoms with Gasteiger partial charge in [0.1, 0.15) is 30.2 Å². The maximum atomic E-state index is 13.7. The number of aliphatic hydroxyl groups is 1. The van der Waals surface area contributed by atoms with E-state index >= 15 is 0 Å². The first-order valence-electron chi connectivity index (χ1n) is 11.8. The van der Waals surface area contributed by atoms with Crippen molar-refractivity contribution in [3.8, 4) is 11.8 Å². The highest BCUT2D eigenvalue weighted by Crippen LogP contribution is 2.30. The standard InChI is InChI=1S/C26H24ClF3N6O3/c1-13-23(12-38-13)39-25(26-34-14(2)35-36(26)21-7-18(27)4-3-15(21)8-31)22(37)11-33-10-17(9-32)16-5-19(28)24(30)20(29)6-16/h3-7,9-10,13,22-23,25,37H,11-12,32H2,1-2H3/b17-9+,33-10?/t13?,22-,23?,25?/m0/s1. The van der Waals surface area contributed by atoms with Crippen molar-refractivity contribution in [1.82, 2.24) is 14.8 Å². The van der Waals surface area contributed by atoms with Gasteiger partial charge in [-0.15, -0.1) is 0 Å². The number of hydrogen-bond donors (Lipinski definition) is 2. The third kappa shape index (κ3) is 6.12. The molecule has 0 saturated carbocycles. The molecular formula is C26H24ClF3N6O3. The van der Waals surface area contributed by atoms with E-state index in [1.807, 2.05) is 6.92 Å². The molecule has 3 N–H and O–H groups in total. The highest BCUT2D eigenvalue weighted by Gasteiger charge is 2.37. The van der Waals surface area contributed by atoms with Crippen molar-refractivity contribution in [3.05, 3.63) is 81.8 Å². The molecule has 39 heavy (non-hydrogen) atoms. The Balaban J connectivity index is 1.65. The quantitative estimate of drug-likeness (QED) is 0.300. The van der Waals surface area contributed by atoms with Crippen molar-refractivity contribution in [2.75, 3.05) is 13.2 Å². The molecule has 0 aliphatic carbocycles. The Morgan fingerprint density at radius 3 is 2.67 bits per heavy atom. The van der Waals surface area contributed by atoms with Crippen LogP contribution in [0.4, 0.5) is 13.2 Å². The zero-order valence-electron chi connectivity index (χ0n) is 20.9. The fourth-order valence-corrected chi connectivity index (χ4v) is 4.05. The number of aliphatic hydroxyl groups excluding tert-OH is 1. The van der Waals surface area contributed by atoms with Gasteiger partial charge in [-0.3, -0.25) is 4.99 Å². The monoisotopic (exact) mass is 560 g/mol. The van der Waals surface area contributed by atoms with Crippen LogP contribution in [0, 0.1) is 35.7 Å². The minimum absolute atomic E-state index is 0.0410. The number of benzene rings is 2. The number of allylic oxidation sites excluding steroid dienone is 1. The molecule has 204 valence electrons. The molecule has 1 aromatic heterocycles. The third-order valence-electron chi connectivity index (χ3n) is 6.04. The summed E-state index contributed by atoms with van der Waals surface area (Å²) in [6, 6.07) is 8.31. The molecule has 13 heteroatoms. The maximum Gasteiger partial charge on any atom is 0.194 e. The van der Waals surface area contributed by atoms with Crippen molar-refractivity contribution < 1.29 is 27.8 Å². The topological polar surface area (TPSA) is 132 Å². The van der Waals surface area contributed by atoms with E-state index in [1.165, 1.54) is 10.9 Å². The molecule has 2 aromatic carbocycles. The van der Waals surface area contributed by atoms with E-state index in [1.54, 1.807) is 25.1 Å². The molecule has 2 heterocycles. The number of ether oxygens (including phenoxy) is 2. The minimum Gasteiger partial charge on any atom is -0.404 e. The number of aryl methyl sites for hydroxylation is 1. The smallest absolute Gasteiger partial charge is 0.194 e. The number of halogens is 4. The van der Waals surface area contributed by atoms with Crippen LogP contribution in [0.3, 0.4) is 0 Å². The largest absolute Gasteiger partial charge is 0.404 e. The van der Waals surface area contributed by atoms with Gasteiger partial charge in [-0.2, -0.15) is 10.4 Å². The second-order valence-corrected chi connectivity index (χ2v) is 9.21. The summed E-state index contributed by atoms with van der Waals surface area (Å²) in [5.74, 6) is -3.81. The number of nitriles is 1. The van der Waals surface area contributed by atoms with Gasteiger partial charge in [0.05, 0.1) is 30.5 Å². The summed E-state index contributed by atoms with van der Waals surface area (Å²) in [5.41, 5.74) is 6.26. The number of hydrogen-bond acceptors (Lipinski definition) is 8. The zero-order chi connectivity index (χ0) is 28.3. The molecule has 1 aliphatic rings. The van der Waals surface area contributed by atoms with Gasteiger partial charge in [-0.25, -0.2) is 22.8 Å². The summed E-state index contributed by atoms with van der Waals surface area (Å²) in [5, 5.41) is 25.6. The third-order valence-corrected chi connectivity index (χ3v) is 6.27. The minimum atomic E-state index is -1.60. The Labute approximate surface area is 227 Å². The first kappa shape index (κ1) is 28.3. The highest BCUT2D eigenvalue weighted by molar-refractivity contribution is 6.30. The van der Waals surface area contributed by atoms with E-state index in [0.717, 1.165) is 18.3 Å². The molecule has 3 aromatic rings.